The summed E-state index contributed by atoms with van der Waals surface area (Å²) >= 11 is 0. The molecule has 1 aliphatic rings. The van der Waals surface area contributed by atoms with Crippen molar-refractivity contribution in [3.8, 4) is 5.75 Å². The van der Waals surface area contributed by atoms with Crippen molar-refractivity contribution >= 4 is 22.4 Å². The monoisotopic (exact) mass is 463 g/mol. The summed E-state index contributed by atoms with van der Waals surface area (Å²) in [7, 11) is 0. The highest BCUT2D eigenvalue weighted by atomic mass is 16.5. The Morgan fingerprint density at radius 1 is 0.829 bits per heavy atom. The van der Waals surface area contributed by atoms with Crippen molar-refractivity contribution in [1.29, 1.82) is 0 Å². The number of carbonyl (C=O) groups is 1. The topological polar surface area (TPSA) is 29.5 Å². The van der Waals surface area contributed by atoms with Gasteiger partial charge in [0.25, 0.3) is 5.91 Å². The normalized spacial score (nSPS) is 18.8. The molecule has 0 aromatic heterocycles. The lowest BCUT2D eigenvalue weighted by Gasteiger charge is -2.51. The van der Waals surface area contributed by atoms with E-state index in [1.807, 2.05) is 35.2 Å². The van der Waals surface area contributed by atoms with Crippen molar-refractivity contribution < 1.29 is 9.53 Å². The first-order valence-electron chi connectivity index (χ1n) is 12.3. The molecular formula is C32H33NO2. The third-order valence-electron chi connectivity index (χ3n) is 7.40. The quantitative estimate of drug-likeness (QED) is 0.316. The number of nitrogens with zero attached hydrogens (tertiary/aromatic N) is 1. The van der Waals surface area contributed by atoms with Crippen LogP contribution in [0, 0.1) is 13.8 Å². The number of hydrogen-bond acceptors (Lipinski definition) is 2. The Hall–Kier alpha value is -3.59. The molecule has 4 aromatic carbocycles. The Morgan fingerprint density at radius 2 is 1.51 bits per heavy atom. The zero-order valence-electron chi connectivity index (χ0n) is 21.3. The summed E-state index contributed by atoms with van der Waals surface area (Å²) in [4.78, 5) is 15.6. The van der Waals surface area contributed by atoms with Gasteiger partial charge in [-0.05, 0) is 74.2 Å². The minimum Gasteiger partial charge on any atom is -0.484 e. The Kier molecular flexibility index (Phi) is 5.67. The summed E-state index contributed by atoms with van der Waals surface area (Å²) in [6, 6.07) is 29.4. The van der Waals surface area contributed by atoms with Gasteiger partial charge >= 0.3 is 0 Å². The van der Waals surface area contributed by atoms with Crippen LogP contribution < -0.4 is 9.64 Å². The molecule has 1 heterocycles. The van der Waals surface area contributed by atoms with Gasteiger partial charge in [-0.3, -0.25) is 4.79 Å². The van der Waals surface area contributed by atoms with Crippen LogP contribution in [0.3, 0.4) is 0 Å². The van der Waals surface area contributed by atoms with Crippen LogP contribution >= 0.6 is 0 Å². The molecule has 3 nitrogen and oxygen atoms in total. The fourth-order valence-corrected chi connectivity index (χ4v) is 5.77. The number of benzene rings is 4. The molecule has 0 bridgehead atoms. The van der Waals surface area contributed by atoms with E-state index in [2.05, 4.69) is 89.2 Å². The lowest BCUT2D eigenvalue weighted by molar-refractivity contribution is -0.121. The van der Waals surface area contributed by atoms with E-state index >= 15 is 0 Å². The van der Waals surface area contributed by atoms with E-state index in [4.69, 9.17) is 4.74 Å². The van der Waals surface area contributed by atoms with Crippen LogP contribution in [0.1, 0.15) is 49.4 Å². The second kappa shape index (κ2) is 8.57. The molecule has 0 radical (unpaired) electrons. The summed E-state index contributed by atoms with van der Waals surface area (Å²) in [5.41, 5.74) is 5.31. The number of rotatable bonds is 4. The van der Waals surface area contributed by atoms with Gasteiger partial charge in [0.05, 0.1) is 0 Å². The van der Waals surface area contributed by atoms with E-state index < -0.39 is 0 Å². The molecule has 0 saturated carbocycles. The Labute approximate surface area is 208 Å². The van der Waals surface area contributed by atoms with Crippen molar-refractivity contribution in [2.75, 3.05) is 11.5 Å². The molecule has 0 N–H and O–H groups in total. The molecule has 3 heteroatoms. The third kappa shape index (κ3) is 4.20. The van der Waals surface area contributed by atoms with Gasteiger partial charge in [-0.2, -0.15) is 0 Å². The van der Waals surface area contributed by atoms with Gasteiger partial charge in [0.15, 0.2) is 6.61 Å². The molecular weight excluding hydrogens is 430 g/mol. The van der Waals surface area contributed by atoms with Crippen LogP contribution in [0.15, 0.2) is 84.9 Å². The number of anilines is 1. The van der Waals surface area contributed by atoms with Crippen molar-refractivity contribution in [1.82, 2.24) is 0 Å². The molecule has 1 amide bonds. The lowest BCUT2D eigenvalue weighted by atomic mass is 9.65. The Balaban J connectivity index is 1.49. The maximum absolute atomic E-state index is 13.7. The molecule has 4 aromatic rings. The standard InChI is InChI=1S/C32H33NO2/c1-22-10-14-26(15-11-22)32(5)21-31(3,4)33(29-17-12-23(2)18-28(29)32)30(34)20-35-27-16-13-24-8-6-7-9-25(24)19-27/h6-19H,20-21H2,1-5H3/t32-/m1/s1. The van der Waals surface area contributed by atoms with Crippen molar-refractivity contribution in [2.45, 2.75) is 52.0 Å². The minimum atomic E-state index is -0.383. The summed E-state index contributed by atoms with van der Waals surface area (Å²) < 4.78 is 6.02. The summed E-state index contributed by atoms with van der Waals surface area (Å²) in [5, 5.41) is 2.26. The highest BCUT2D eigenvalue weighted by molar-refractivity contribution is 5.98. The highest BCUT2D eigenvalue weighted by Crippen LogP contribution is 2.50. The Bertz CT molecular complexity index is 1400. The van der Waals surface area contributed by atoms with E-state index in [-0.39, 0.29) is 23.5 Å². The van der Waals surface area contributed by atoms with Crippen molar-refractivity contribution in [3.63, 3.8) is 0 Å². The summed E-state index contributed by atoms with van der Waals surface area (Å²) in [6.45, 7) is 10.9. The fraction of sp³-hybridized carbons (Fsp3) is 0.281. The molecule has 0 saturated heterocycles. The maximum atomic E-state index is 13.7. The second-order valence-corrected chi connectivity index (χ2v) is 10.7. The first-order chi connectivity index (χ1) is 16.7. The number of aryl methyl sites for hydroxylation is 2. The van der Waals surface area contributed by atoms with Gasteiger partial charge in [0.2, 0.25) is 0 Å². The van der Waals surface area contributed by atoms with Gasteiger partial charge in [0.1, 0.15) is 5.75 Å². The number of ether oxygens (including phenoxy) is 1. The smallest absolute Gasteiger partial charge is 0.265 e. The SMILES string of the molecule is Cc1ccc([C@@]2(C)CC(C)(C)N(C(=O)COc3ccc4ccccc4c3)c3ccc(C)cc32)cc1. The van der Waals surface area contributed by atoms with Crippen LogP contribution in [-0.4, -0.2) is 18.1 Å². The van der Waals surface area contributed by atoms with Gasteiger partial charge in [-0.25, -0.2) is 0 Å². The fourth-order valence-electron chi connectivity index (χ4n) is 5.77. The maximum Gasteiger partial charge on any atom is 0.265 e. The average molecular weight is 464 g/mol. The van der Waals surface area contributed by atoms with E-state index in [9.17, 15) is 4.79 Å². The van der Waals surface area contributed by atoms with Crippen LogP contribution in [-0.2, 0) is 10.2 Å². The third-order valence-corrected chi connectivity index (χ3v) is 7.40. The summed E-state index contributed by atoms with van der Waals surface area (Å²) in [6.07, 6.45) is 0.821. The predicted octanol–water partition coefficient (Wildman–Crippen LogP) is 7.36. The van der Waals surface area contributed by atoms with Crippen LogP contribution in [0.5, 0.6) is 5.75 Å². The van der Waals surface area contributed by atoms with E-state index in [0.29, 0.717) is 5.75 Å². The Morgan fingerprint density at radius 3 is 2.26 bits per heavy atom. The van der Waals surface area contributed by atoms with E-state index in [0.717, 1.165) is 22.9 Å². The molecule has 0 spiro atoms. The molecule has 0 aliphatic carbocycles. The van der Waals surface area contributed by atoms with Crippen molar-refractivity contribution in [2.24, 2.45) is 0 Å². The number of hydrogen-bond donors (Lipinski definition) is 0. The van der Waals surface area contributed by atoms with Gasteiger partial charge in [-0.1, -0.05) is 84.8 Å². The second-order valence-electron chi connectivity index (χ2n) is 10.7. The molecule has 178 valence electrons. The van der Waals surface area contributed by atoms with Gasteiger partial charge < -0.3 is 9.64 Å². The van der Waals surface area contributed by atoms with E-state index in [1.165, 1.54) is 22.3 Å². The highest BCUT2D eigenvalue weighted by Gasteiger charge is 2.47. The largest absolute Gasteiger partial charge is 0.484 e. The molecule has 1 atom stereocenters. The predicted molar refractivity (Wildman–Crippen MR) is 144 cm³/mol. The lowest BCUT2D eigenvalue weighted by Crippen LogP contribution is -2.57. The van der Waals surface area contributed by atoms with Gasteiger partial charge in [0, 0.05) is 16.6 Å². The van der Waals surface area contributed by atoms with Gasteiger partial charge in [-0.15, -0.1) is 0 Å². The molecule has 5 rings (SSSR count). The van der Waals surface area contributed by atoms with Crippen LogP contribution in [0.2, 0.25) is 0 Å². The first kappa shape index (κ1) is 23.2. The number of fused-ring (bicyclic) bond motifs is 2. The molecule has 1 aliphatic heterocycles. The molecule has 0 unspecified atom stereocenters. The minimum absolute atomic E-state index is 0.00364. The van der Waals surface area contributed by atoms with Crippen LogP contribution in [0.25, 0.3) is 10.8 Å². The zero-order valence-corrected chi connectivity index (χ0v) is 21.3. The van der Waals surface area contributed by atoms with E-state index in [1.54, 1.807) is 0 Å². The number of carbonyl (C=O) groups excluding carboxylic acids is 1. The zero-order chi connectivity index (χ0) is 24.8. The van der Waals surface area contributed by atoms with Crippen LogP contribution in [0.4, 0.5) is 5.69 Å². The molecule has 35 heavy (non-hydrogen) atoms. The first-order valence-corrected chi connectivity index (χ1v) is 12.3. The number of amides is 1. The van der Waals surface area contributed by atoms with Crippen molar-refractivity contribution in [3.05, 3.63) is 107 Å². The average Bonchev–Trinajstić information content (AvgIpc) is 2.83. The summed E-state index contributed by atoms with van der Waals surface area (Å²) in [5.74, 6) is 0.680. The molecule has 0 fully saturated rings.